The summed E-state index contributed by atoms with van der Waals surface area (Å²) in [5.41, 5.74) is 1.23. The van der Waals surface area contributed by atoms with Crippen LogP contribution in [0.15, 0.2) is 34.9 Å². The van der Waals surface area contributed by atoms with E-state index >= 15 is 0 Å². The highest BCUT2D eigenvalue weighted by Crippen LogP contribution is 2.32. The minimum atomic E-state index is -0.793. The van der Waals surface area contributed by atoms with Crippen molar-refractivity contribution >= 4 is 34.8 Å². The van der Waals surface area contributed by atoms with Gasteiger partial charge in [-0.25, -0.2) is 0 Å². The van der Waals surface area contributed by atoms with Crippen LogP contribution in [0.4, 0.5) is 0 Å². The topological polar surface area (TPSA) is 33.4 Å². The summed E-state index contributed by atoms with van der Waals surface area (Å²) in [7, 11) is 0. The van der Waals surface area contributed by atoms with Crippen molar-refractivity contribution in [3.05, 3.63) is 56.9 Å². The van der Waals surface area contributed by atoms with Crippen molar-refractivity contribution in [2.75, 3.05) is 0 Å². The Balaban J connectivity index is 2.25. The smallest absolute Gasteiger partial charge is 0.198 e. The van der Waals surface area contributed by atoms with Gasteiger partial charge in [-0.05, 0) is 35.4 Å². The first-order valence-electron chi connectivity index (χ1n) is 4.93. The minimum absolute atomic E-state index is 0.181. The second-order valence-electron chi connectivity index (χ2n) is 3.57. The molecule has 0 fully saturated rings. The first-order valence-corrected chi connectivity index (χ1v) is 6.07. The van der Waals surface area contributed by atoms with Crippen molar-refractivity contribution in [2.45, 2.75) is 12.5 Å². The van der Waals surface area contributed by atoms with Gasteiger partial charge >= 0.3 is 0 Å². The molecule has 0 saturated heterocycles. The van der Waals surface area contributed by atoms with Gasteiger partial charge < -0.3 is 9.52 Å². The molecule has 2 aromatic rings. The molecule has 0 amide bonds. The Morgan fingerprint density at radius 2 is 1.76 bits per heavy atom. The molecule has 0 aliphatic rings. The molecule has 17 heavy (non-hydrogen) atoms. The predicted octanol–water partition coefficient (Wildman–Crippen LogP) is 4.52. The molecular formula is C12H9Cl3O2. The van der Waals surface area contributed by atoms with Crippen molar-refractivity contribution in [3.8, 4) is 0 Å². The van der Waals surface area contributed by atoms with Gasteiger partial charge in [0.25, 0.3) is 0 Å². The average Bonchev–Trinajstić information content (AvgIpc) is 2.70. The van der Waals surface area contributed by atoms with Gasteiger partial charge in [-0.3, -0.25) is 0 Å². The fourth-order valence-electron chi connectivity index (χ4n) is 1.57. The molecule has 0 aliphatic carbocycles. The van der Waals surface area contributed by atoms with E-state index in [1.807, 2.05) is 0 Å². The number of aliphatic hydroxyl groups is 1. The molecule has 1 aromatic heterocycles. The van der Waals surface area contributed by atoms with E-state index < -0.39 is 6.10 Å². The van der Waals surface area contributed by atoms with Gasteiger partial charge in [0.1, 0.15) is 0 Å². The SMILES string of the molecule is OC(Cc1c(Cl)cccc1Cl)c1ccoc1Cl. The lowest BCUT2D eigenvalue weighted by atomic mass is 10.0. The van der Waals surface area contributed by atoms with E-state index in [0.29, 0.717) is 21.2 Å². The summed E-state index contributed by atoms with van der Waals surface area (Å²) in [4.78, 5) is 0. The molecular weight excluding hydrogens is 282 g/mol. The highest BCUT2D eigenvalue weighted by molar-refractivity contribution is 6.36. The van der Waals surface area contributed by atoms with Gasteiger partial charge in [-0.15, -0.1) is 0 Å². The molecule has 1 aromatic carbocycles. The second kappa shape index (κ2) is 5.32. The van der Waals surface area contributed by atoms with Crippen molar-refractivity contribution < 1.29 is 9.52 Å². The Labute approximate surface area is 114 Å². The lowest BCUT2D eigenvalue weighted by Crippen LogP contribution is -2.02. The summed E-state index contributed by atoms with van der Waals surface area (Å²) < 4.78 is 4.92. The summed E-state index contributed by atoms with van der Waals surface area (Å²) in [6.07, 6.45) is 0.922. The lowest BCUT2D eigenvalue weighted by Gasteiger charge is -2.11. The van der Waals surface area contributed by atoms with Gasteiger partial charge in [0, 0.05) is 22.0 Å². The fraction of sp³-hybridized carbons (Fsp3) is 0.167. The Kier molecular flexibility index (Phi) is 4.00. The normalized spacial score (nSPS) is 12.7. The van der Waals surface area contributed by atoms with E-state index in [9.17, 15) is 5.11 Å². The first-order chi connectivity index (χ1) is 8.09. The molecule has 0 aliphatic heterocycles. The maximum atomic E-state index is 10.0. The van der Waals surface area contributed by atoms with Crippen LogP contribution < -0.4 is 0 Å². The van der Waals surface area contributed by atoms with Gasteiger partial charge in [-0.2, -0.15) is 0 Å². The van der Waals surface area contributed by atoms with E-state index in [1.54, 1.807) is 24.3 Å². The summed E-state index contributed by atoms with van der Waals surface area (Å²) >= 11 is 17.8. The Morgan fingerprint density at radius 3 is 2.29 bits per heavy atom. The number of hydrogen-bond acceptors (Lipinski definition) is 2. The van der Waals surface area contributed by atoms with Crippen LogP contribution in [0.3, 0.4) is 0 Å². The number of aliphatic hydroxyl groups excluding tert-OH is 1. The zero-order valence-corrected chi connectivity index (χ0v) is 10.9. The van der Waals surface area contributed by atoms with Crippen LogP contribution in [-0.2, 0) is 6.42 Å². The lowest BCUT2D eigenvalue weighted by molar-refractivity contribution is 0.178. The second-order valence-corrected chi connectivity index (χ2v) is 4.73. The van der Waals surface area contributed by atoms with Crippen LogP contribution in [0.25, 0.3) is 0 Å². The van der Waals surface area contributed by atoms with Crippen LogP contribution in [0, 0.1) is 0 Å². The molecule has 0 bridgehead atoms. The fourth-order valence-corrected chi connectivity index (χ4v) is 2.37. The van der Waals surface area contributed by atoms with Gasteiger partial charge in [0.15, 0.2) is 5.22 Å². The van der Waals surface area contributed by atoms with Gasteiger partial charge in [0.2, 0.25) is 0 Å². The molecule has 1 heterocycles. The average molecular weight is 292 g/mol. The Morgan fingerprint density at radius 1 is 1.12 bits per heavy atom. The van der Waals surface area contributed by atoms with E-state index in [2.05, 4.69) is 0 Å². The van der Waals surface area contributed by atoms with E-state index in [0.717, 1.165) is 0 Å². The van der Waals surface area contributed by atoms with Crippen LogP contribution in [0.1, 0.15) is 17.2 Å². The number of hydrogen-bond donors (Lipinski definition) is 1. The third-order valence-corrected chi connectivity index (χ3v) is 3.48. The minimum Gasteiger partial charge on any atom is -0.453 e. The predicted molar refractivity (Wildman–Crippen MR) is 68.8 cm³/mol. The van der Waals surface area contributed by atoms with E-state index in [1.165, 1.54) is 6.26 Å². The third kappa shape index (κ3) is 2.78. The monoisotopic (exact) mass is 290 g/mol. The van der Waals surface area contributed by atoms with Gasteiger partial charge in [0.05, 0.1) is 12.4 Å². The standard InChI is InChI=1S/C12H9Cl3O2/c13-9-2-1-3-10(14)8(9)6-11(16)7-4-5-17-12(7)15/h1-5,11,16H,6H2. The van der Waals surface area contributed by atoms with Crippen LogP contribution >= 0.6 is 34.8 Å². The van der Waals surface area contributed by atoms with E-state index in [4.69, 9.17) is 39.2 Å². The zero-order chi connectivity index (χ0) is 12.4. The molecule has 1 atom stereocenters. The maximum absolute atomic E-state index is 10.0. The third-order valence-electron chi connectivity index (χ3n) is 2.46. The number of rotatable bonds is 3. The van der Waals surface area contributed by atoms with Crippen LogP contribution in [0.2, 0.25) is 15.3 Å². The molecule has 1 unspecified atom stereocenters. The Bertz CT molecular complexity index is 502. The number of furan rings is 1. The zero-order valence-electron chi connectivity index (χ0n) is 8.66. The highest BCUT2D eigenvalue weighted by Gasteiger charge is 2.17. The molecule has 0 radical (unpaired) electrons. The summed E-state index contributed by atoms with van der Waals surface area (Å²) in [5.74, 6) is 0. The van der Waals surface area contributed by atoms with Crippen LogP contribution in [0.5, 0.6) is 0 Å². The molecule has 1 N–H and O–H groups in total. The molecule has 90 valence electrons. The molecule has 0 spiro atoms. The van der Waals surface area contributed by atoms with Crippen molar-refractivity contribution in [2.24, 2.45) is 0 Å². The Hall–Kier alpha value is -0.670. The molecule has 5 heteroatoms. The highest BCUT2D eigenvalue weighted by atomic mass is 35.5. The molecule has 0 saturated carbocycles. The molecule has 2 rings (SSSR count). The summed E-state index contributed by atoms with van der Waals surface area (Å²) in [6, 6.07) is 6.84. The van der Waals surface area contributed by atoms with E-state index in [-0.39, 0.29) is 11.6 Å². The van der Waals surface area contributed by atoms with Crippen LogP contribution in [-0.4, -0.2) is 5.11 Å². The van der Waals surface area contributed by atoms with Crippen molar-refractivity contribution in [1.82, 2.24) is 0 Å². The summed E-state index contributed by atoms with van der Waals surface area (Å²) in [6.45, 7) is 0. The first kappa shape index (κ1) is 12.8. The summed E-state index contributed by atoms with van der Waals surface area (Å²) in [5, 5.41) is 11.3. The van der Waals surface area contributed by atoms with Gasteiger partial charge in [-0.1, -0.05) is 29.3 Å². The number of halogens is 3. The molecule has 2 nitrogen and oxygen atoms in total. The number of benzene rings is 1. The largest absolute Gasteiger partial charge is 0.453 e. The van der Waals surface area contributed by atoms with Crippen molar-refractivity contribution in [1.29, 1.82) is 0 Å². The quantitative estimate of drug-likeness (QED) is 0.902. The van der Waals surface area contributed by atoms with Crippen molar-refractivity contribution in [3.63, 3.8) is 0 Å². The maximum Gasteiger partial charge on any atom is 0.198 e.